The first kappa shape index (κ1) is 25.3. The molecule has 0 aliphatic carbocycles. The molecule has 8 heteroatoms. The Morgan fingerprint density at radius 2 is 1.56 bits per heavy atom. The average Bonchev–Trinajstić information content (AvgIpc) is 3.16. The zero-order valence-corrected chi connectivity index (χ0v) is 21.7. The summed E-state index contributed by atoms with van der Waals surface area (Å²) in [5.41, 5.74) is 2.12. The first-order valence-electron chi connectivity index (χ1n) is 11.3. The summed E-state index contributed by atoms with van der Waals surface area (Å²) >= 11 is 3.38. The number of nitrogens with zero attached hydrogens (tertiary/aromatic N) is 1. The number of carbonyl (C=O) groups excluding carboxylic acids is 2. The number of aliphatic hydroxyl groups excluding tert-OH is 1. The van der Waals surface area contributed by atoms with E-state index in [0.717, 1.165) is 10.0 Å². The lowest BCUT2D eigenvalue weighted by Crippen LogP contribution is -2.31. The largest absolute Gasteiger partial charge is 0.507 e. The standard InChI is InChI=1S/C28H26BrNO6/c1-34-21-11-7-18(8-12-21)25-24(26(31)19-5-9-20(29)10-6-19)27(32)28(33)30(25)15-14-17-4-13-22(35-2)23(16-17)36-3/h4-13,16,25,31H,14-15H2,1-3H3/t25-/m1/s1. The van der Waals surface area contributed by atoms with Gasteiger partial charge < -0.3 is 24.2 Å². The normalized spacial score (nSPS) is 16.8. The van der Waals surface area contributed by atoms with Gasteiger partial charge in [-0.05, 0) is 53.9 Å². The van der Waals surface area contributed by atoms with Gasteiger partial charge in [0.25, 0.3) is 11.7 Å². The molecule has 0 saturated carbocycles. The van der Waals surface area contributed by atoms with Crippen molar-refractivity contribution in [3.05, 3.63) is 93.5 Å². The van der Waals surface area contributed by atoms with Crippen molar-refractivity contribution in [3.8, 4) is 17.2 Å². The summed E-state index contributed by atoms with van der Waals surface area (Å²) in [5.74, 6) is 0.246. The van der Waals surface area contributed by atoms with Crippen molar-refractivity contribution < 1.29 is 28.9 Å². The molecule has 3 aromatic carbocycles. The average molecular weight is 552 g/mol. The van der Waals surface area contributed by atoms with Crippen LogP contribution in [-0.4, -0.2) is 49.6 Å². The van der Waals surface area contributed by atoms with E-state index in [-0.39, 0.29) is 17.9 Å². The van der Waals surface area contributed by atoms with Gasteiger partial charge in [-0.25, -0.2) is 0 Å². The Labute approximate surface area is 218 Å². The molecule has 36 heavy (non-hydrogen) atoms. The predicted octanol–water partition coefficient (Wildman–Crippen LogP) is 5.14. The van der Waals surface area contributed by atoms with Gasteiger partial charge in [-0.1, -0.05) is 46.3 Å². The van der Waals surface area contributed by atoms with Gasteiger partial charge in [0.15, 0.2) is 11.5 Å². The Balaban J connectivity index is 1.74. The Kier molecular flexibility index (Phi) is 7.64. The Bertz CT molecular complexity index is 1300. The van der Waals surface area contributed by atoms with E-state index in [0.29, 0.717) is 34.8 Å². The highest BCUT2D eigenvalue weighted by Crippen LogP contribution is 2.40. The lowest BCUT2D eigenvalue weighted by molar-refractivity contribution is -0.139. The van der Waals surface area contributed by atoms with E-state index < -0.39 is 17.7 Å². The third-order valence-electron chi connectivity index (χ3n) is 6.18. The van der Waals surface area contributed by atoms with E-state index in [1.165, 1.54) is 4.90 Å². The number of methoxy groups -OCH3 is 3. The third kappa shape index (κ3) is 4.95. The minimum absolute atomic E-state index is 0.0554. The fraction of sp³-hybridized carbons (Fsp3) is 0.214. The highest BCUT2D eigenvalue weighted by Gasteiger charge is 2.45. The molecule has 3 aromatic rings. The summed E-state index contributed by atoms with van der Waals surface area (Å²) in [6.45, 7) is 0.258. The summed E-state index contributed by atoms with van der Waals surface area (Å²) in [6, 6.07) is 18.9. The van der Waals surface area contributed by atoms with E-state index >= 15 is 0 Å². The number of likely N-dealkylation sites (tertiary alicyclic amines) is 1. The molecule has 1 aliphatic heterocycles. The fourth-order valence-electron chi connectivity index (χ4n) is 4.29. The quantitative estimate of drug-likeness (QED) is 0.237. The maximum absolute atomic E-state index is 13.2. The lowest BCUT2D eigenvalue weighted by atomic mass is 9.95. The highest BCUT2D eigenvalue weighted by molar-refractivity contribution is 9.10. The van der Waals surface area contributed by atoms with Gasteiger partial charge in [0.2, 0.25) is 0 Å². The van der Waals surface area contributed by atoms with Crippen LogP contribution in [0.4, 0.5) is 0 Å². The molecular weight excluding hydrogens is 526 g/mol. The van der Waals surface area contributed by atoms with Crippen LogP contribution in [0.25, 0.3) is 5.76 Å². The Morgan fingerprint density at radius 1 is 0.889 bits per heavy atom. The zero-order valence-electron chi connectivity index (χ0n) is 20.2. The number of rotatable bonds is 8. The lowest BCUT2D eigenvalue weighted by Gasteiger charge is -2.25. The van der Waals surface area contributed by atoms with Crippen LogP contribution < -0.4 is 14.2 Å². The highest BCUT2D eigenvalue weighted by atomic mass is 79.9. The number of benzene rings is 3. The molecule has 186 valence electrons. The van der Waals surface area contributed by atoms with Crippen molar-refractivity contribution >= 4 is 33.4 Å². The molecule has 1 fully saturated rings. The van der Waals surface area contributed by atoms with Crippen LogP contribution in [-0.2, 0) is 16.0 Å². The van der Waals surface area contributed by atoms with Gasteiger partial charge in [0, 0.05) is 16.6 Å². The molecule has 0 radical (unpaired) electrons. The summed E-state index contributed by atoms with van der Waals surface area (Å²) in [4.78, 5) is 27.9. The van der Waals surface area contributed by atoms with E-state index in [1.54, 1.807) is 75.9 Å². The van der Waals surface area contributed by atoms with Crippen LogP contribution >= 0.6 is 15.9 Å². The van der Waals surface area contributed by atoms with E-state index in [9.17, 15) is 14.7 Å². The van der Waals surface area contributed by atoms with Crippen LogP contribution in [0, 0.1) is 0 Å². The maximum Gasteiger partial charge on any atom is 0.295 e. The summed E-state index contributed by atoms with van der Waals surface area (Å²) < 4.78 is 16.8. The van der Waals surface area contributed by atoms with Crippen molar-refractivity contribution in [2.24, 2.45) is 0 Å². The van der Waals surface area contributed by atoms with Gasteiger partial charge in [-0.3, -0.25) is 9.59 Å². The molecule has 0 spiro atoms. The monoisotopic (exact) mass is 551 g/mol. The van der Waals surface area contributed by atoms with Crippen molar-refractivity contribution in [1.82, 2.24) is 4.90 Å². The molecule has 7 nitrogen and oxygen atoms in total. The topological polar surface area (TPSA) is 85.3 Å². The molecule has 1 atom stereocenters. The number of Topliss-reactive ketones (excluding diaryl/α,β-unsaturated/α-hetero) is 1. The number of halogens is 1. The van der Waals surface area contributed by atoms with Crippen LogP contribution in [0.2, 0.25) is 0 Å². The molecule has 1 amide bonds. The second-order valence-electron chi connectivity index (χ2n) is 8.21. The number of hydrogen-bond acceptors (Lipinski definition) is 6. The van der Waals surface area contributed by atoms with Crippen LogP contribution in [0.3, 0.4) is 0 Å². The smallest absolute Gasteiger partial charge is 0.295 e. The Hall–Kier alpha value is -3.78. The molecule has 0 bridgehead atoms. The van der Waals surface area contributed by atoms with Crippen molar-refractivity contribution in [3.63, 3.8) is 0 Å². The summed E-state index contributed by atoms with van der Waals surface area (Å²) in [5, 5.41) is 11.2. The summed E-state index contributed by atoms with van der Waals surface area (Å²) in [6.07, 6.45) is 0.471. The van der Waals surface area contributed by atoms with Crippen LogP contribution in [0.15, 0.2) is 76.8 Å². The minimum atomic E-state index is -0.750. The van der Waals surface area contributed by atoms with E-state index in [4.69, 9.17) is 14.2 Å². The molecular formula is C28H26BrNO6. The molecule has 1 N–H and O–H groups in total. The second-order valence-corrected chi connectivity index (χ2v) is 9.13. The number of aliphatic hydroxyl groups is 1. The van der Waals surface area contributed by atoms with Gasteiger partial charge in [0.05, 0.1) is 32.9 Å². The van der Waals surface area contributed by atoms with Gasteiger partial charge in [0.1, 0.15) is 11.5 Å². The maximum atomic E-state index is 13.2. The predicted molar refractivity (Wildman–Crippen MR) is 139 cm³/mol. The number of ketones is 1. The summed E-state index contributed by atoms with van der Waals surface area (Å²) in [7, 11) is 4.70. The number of hydrogen-bond donors (Lipinski definition) is 1. The van der Waals surface area contributed by atoms with Gasteiger partial charge in [-0.15, -0.1) is 0 Å². The third-order valence-corrected chi connectivity index (χ3v) is 6.71. The SMILES string of the molecule is COc1ccc([C@@H]2C(=C(O)c3ccc(Br)cc3)C(=O)C(=O)N2CCc2ccc(OC)c(OC)c2)cc1. The number of carbonyl (C=O) groups is 2. The van der Waals surface area contributed by atoms with Gasteiger partial charge >= 0.3 is 0 Å². The van der Waals surface area contributed by atoms with Crippen molar-refractivity contribution in [1.29, 1.82) is 0 Å². The molecule has 0 unspecified atom stereocenters. The van der Waals surface area contributed by atoms with Crippen LogP contribution in [0.5, 0.6) is 17.2 Å². The van der Waals surface area contributed by atoms with Gasteiger partial charge in [-0.2, -0.15) is 0 Å². The Morgan fingerprint density at radius 3 is 2.17 bits per heavy atom. The van der Waals surface area contributed by atoms with Crippen LogP contribution in [0.1, 0.15) is 22.7 Å². The first-order valence-corrected chi connectivity index (χ1v) is 12.1. The second kappa shape index (κ2) is 10.9. The molecule has 1 aliphatic rings. The van der Waals surface area contributed by atoms with E-state index in [2.05, 4.69) is 15.9 Å². The molecule has 1 saturated heterocycles. The number of ether oxygens (including phenoxy) is 3. The van der Waals surface area contributed by atoms with Crippen molar-refractivity contribution in [2.45, 2.75) is 12.5 Å². The zero-order chi connectivity index (χ0) is 25.8. The number of amides is 1. The molecule has 0 aromatic heterocycles. The first-order chi connectivity index (χ1) is 17.4. The minimum Gasteiger partial charge on any atom is -0.507 e. The molecule has 1 heterocycles. The van der Waals surface area contributed by atoms with Crippen molar-refractivity contribution in [2.75, 3.05) is 27.9 Å². The molecule has 4 rings (SSSR count). The van der Waals surface area contributed by atoms with E-state index in [1.807, 2.05) is 12.1 Å². The fourth-order valence-corrected chi connectivity index (χ4v) is 4.56.